The summed E-state index contributed by atoms with van der Waals surface area (Å²) >= 11 is 0. The van der Waals surface area contributed by atoms with E-state index < -0.39 is 5.79 Å². The fraction of sp³-hybridized carbons (Fsp3) is 0.417. The molecule has 1 fully saturated rings. The number of hydrogen-bond donors (Lipinski definition) is 1. The van der Waals surface area contributed by atoms with E-state index in [4.69, 9.17) is 15.2 Å². The molecular formula is C12H16NO2. The Hall–Kier alpha value is -1.06. The smallest absolute Gasteiger partial charge is 0.164 e. The van der Waals surface area contributed by atoms with Gasteiger partial charge in [0.2, 0.25) is 0 Å². The van der Waals surface area contributed by atoms with Gasteiger partial charge in [0.1, 0.15) is 6.10 Å². The van der Waals surface area contributed by atoms with Crippen LogP contribution in [0.4, 0.5) is 5.69 Å². The van der Waals surface area contributed by atoms with Crippen LogP contribution in [0.15, 0.2) is 24.3 Å². The van der Waals surface area contributed by atoms with Crippen LogP contribution in [0.3, 0.4) is 0 Å². The molecule has 1 aliphatic rings. The molecule has 2 N–H and O–H groups in total. The second-order valence-electron chi connectivity index (χ2n) is 4.22. The number of rotatable bonds is 1. The lowest BCUT2D eigenvalue weighted by atomic mass is 10.0. The van der Waals surface area contributed by atoms with Gasteiger partial charge in [-0.1, -0.05) is 18.2 Å². The maximum atomic E-state index is 5.89. The molecule has 0 aromatic heterocycles. The number of benzene rings is 1. The van der Waals surface area contributed by atoms with E-state index >= 15 is 0 Å². The number of para-hydroxylation sites is 1. The zero-order valence-corrected chi connectivity index (χ0v) is 9.07. The largest absolute Gasteiger partial charge is 0.398 e. The van der Waals surface area contributed by atoms with Crippen molar-refractivity contribution in [2.75, 3.05) is 5.73 Å². The van der Waals surface area contributed by atoms with E-state index in [1.54, 1.807) is 0 Å². The van der Waals surface area contributed by atoms with Gasteiger partial charge in [-0.2, -0.15) is 0 Å². The van der Waals surface area contributed by atoms with E-state index in [2.05, 4.69) is 6.92 Å². The van der Waals surface area contributed by atoms with Crippen LogP contribution >= 0.6 is 0 Å². The van der Waals surface area contributed by atoms with Crippen molar-refractivity contribution in [2.24, 2.45) is 0 Å². The van der Waals surface area contributed by atoms with Crippen molar-refractivity contribution in [1.82, 2.24) is 0 Å². The SMILES string of the molecule is [CH2][C@@H]1OC(C)(C)O[C@H]1c1ccccc1N. The molecule has 0 amide bonds. The summed E-state index contributed by atoms with van der Waals surface area (Å²) in [5, 5.41) is 0. The monoisotopic (exact) mass is 206 g/mol. The fourth-order valence-electron chi connectivity index (χ4n) is 1.87. The zero-order chi connectivity index (χ0) is 11.1. The summed E-state index contributed by atoms with van der Waals surface area (Å²) in [5.74, 6) is -0.584. The molecule has 1 aliphatic heterocycles. The first-order chi connectivity index (χ1) is 6.99. The average molecular weight is 206 g/mol. The minimum atomic E-state index is -0.584. The summed E-state index contributed by atoms with van der Waals surface area (Å²) in [6.45, 7) is 7.69. The van der Waals surface area contributed by atoms with Crippen molar-refractivity contribution in [3.8, 4) is 0 Å². The Kier molecular flexibility index (Phi) is 2.44. The zero-order valence-electron chi connectivity index (χ0n) is 9.07. The fourth-order valence-corrected chi connectivity index (χ4v) is 1.87. The first-order valence-corrected chi connectivity index (χ1v) is 5.03. The van der Waals surface area contributed by atoms with Gasteiger partial charge < -0.3 is 15.2 Å². The minimum absolute atomic E-state index is 0.179. The Bertz CT molecular complexity index is 362. The van der Waals surface area contributed by atoms with Gasteiger partial charge in [-0.15, -0.1) is 0 Å². The quantitative estimate of drug-likeness (QED) is 0.717. The Labute approximate surface area is 90.2 Å². The molecule has 1 aromatic rings. The highest BCUT2D eigenvalue weighted by Crippen LogP contribution is 2.39. The molecule has 15 heavy (non-hydrogen) atoms. The Balaban J connectivity index is 2.29. The standard InChI is InChI=1S/C12H16NO2/c1-8-11(15-12(2,3)14-8)9-6-4-5-7-10(9)13/h4-8,11H,1,13H2,2-3H3/t8-,11+/m0/s1. The number of nitrogens with two attached hydrogens (primary N) is 1. The molecule has 81 valence electrons. The van der Waals surface area contributed by atoms with E-state index in [1.807, 2.05) is 38.1 Å². The van der Waals surface area contributed by atoms with Crippen LogP contribution in [0, 0.1) is 6.92 Å². The lowest BCUT2D eigenvalue weighted by Crippen LogP contribution is -2.20. The maximum Gasteiger partial charge on any atom is 0.164 e. The van der Waals surface area contributed by atoms with Crippen molar-refractivity contribution in [2.45, 2.75) is 31.8 Å². The minimum Gasteiger partial charge on any atom is -0.398 e. The third-order valence-electron chi connectivity index (χ3n) is 2.49. The molecule has 3 nitrogen and oxygen atoms in total. The van der Waals surface area contributed by atoms with Gasteiger partial charge in [0, 0.05) is 11.3 Å². The van der Waals surface area contributed by atoms with Crippen LogP contribution in [-0.2, 0) is 9.47 Å². The molecule has 1 saturated heterocycles. The average Bonchev–Trinajstić information content (AvgIpc) is 2.40. The van der Waals surface area contributed by atoms with Crippen LogP contribution in [0.5, 0.6) is 0 Å². The van der Waals surface area contributed by atoms with Crippen LogP contribution in [0.25, 0.3) is 0 Å². The third-order valence-corrected chi connectivity index (χ3v) is 2.49. The molecule has 0 aliphatic carbocycles. The van der Waals surface area contributed by atoms with Gasteiger partial charge in [-0.05, 0) is 26.8 Å². The number of anilines is 1. The van der Waals surface area contributed by atoms with Gasteiger partial charge in [-0.3, -0.25) is 0 Å². The summed E-state index contributed by atoms with van der Waals surface area (Å²) in [4.78, 5) is 0. The topological polar surface area (TPSA) is 44.5 Å². The van der Waals surface area contributed by atoms with Crippen LogP contribution < -0.4 is 5.73 Å². The normalized spacial score (nSPS) is 29.3. The van der Waals surface area contributed by atoms with E-state index in [1.165, 1.54) is 0 Å². The highest BCUT2D eigenvalue weighted by Gasteiger charge is 2.40. The van der Waals surface area contributed by atoms with Crippen molar-refractivity contribution < 1.29 is 9.47 Å². The number of ether oxygens (including phenoxy) is 2. The first-order valence-electron chi connectivity index (χ1n) is 5.03. The van der Waals surface area contributed by atoms with Crippen LogP contribution in [0.2, 0.25) is 0 Å². The predicted octanol–water partition coefficient (Wildman–Crippen LogP) is 2.30. The molecule has 0 unspecified atom stereocenters. The van der Waals surface area contributed by atoms with Crippen molar-refractivity contribution >= 4 is 5.69 Å². The van der Waals surface area contributed by atoms with Crippen molar-refractivity contribution in [3.05, 3.63) is 36.8 Å². The van der Waals surface area contributed by atoms with Gasteiger partial charge in [0.15, 0.2) is 5.79 Å². The first kappa shape index (κ1) is 10.5. The molecule has 1 aromatic carbocycles. The lowest BCUT2D eigenvalue weighted by Gasteiger charge is -2.17. The van der Waals surface area contributed by atoms with Crippen molar-refractivity contribution in [3.63, 3.8) is 0 Å². The highest BCUT2D eigenvalue weighted by atomic mass is 16.7. The molecule has 0 bridgehead atoms. The van der Waals surface area contributed by atoms with Gasteiger partial charge in [-0.25, -0.2) is 0 Å². The van der Waals surface area contributed by atoms with Gasteiger partial charge in [0.25, 0.3) is 0 Å². The van der Waals surface area contributed by atoms with Gasteiger partial charge >= 0.3 is 0 Å². The van der Waals surface area contributed by atoms with E-state index in [0.717, 1.165) is 11.3 Å². The Morgan fingerprint density at radius 1 is 1.27 bits per heavy atom. The second kappa shape index (κ2) is 3.51. The molecule has 1 heterocycles. The van der Waals surface area contributed by atoms with Crippen LogP contribution in [0.1, 0.15) is 25.5 Å². The van der Waals surface area contributed by atoms with Crippen LogP contribution in [-0.4, -0.2) is 11.9 Å². The molecular weight excluding hydrogens is 190 g/mol. The lowest BCUT2D eigenvalue weighted by molar-refractivity contribution is -0.143. The second-order valence-corrected chi connectivity index (χ2v) is 4.22. The maximum absolute atomic E-state index is 5.89. The summed E-state index contributed by atoms with van der Waals surface area (Å²) in [6, 6.07) is 7.64. The summed E-state index contributed by atoms with van der Waals surface area (Å²) in [6.07, 6.45) is -0.397. The van der Waals surface area contributed by atoms with E-state index in [-0.39, 0.29) is 12.2 Å². The molecule has 3 heteroatoms. The number of nitrogen functional groups attached to an aromatic ring is 1. The molecule has 1 radical (unpaired) electrons. The van der Waals surface area contributed by atoms with Gasteiger partial charge in [0.05, 0.1) is 6.10 Å². The predicted molar refractivity (Wildman–Crippen MR) is 59.0 cm³/mol. The molecule has 0 spiro atoms. The number of hydrogen-bond acceptors (Lipinski definition) is 3. The van der Waals surface area contributed by atoms with Crippen molar-refractivity contribution in [1.29, 1.82) is 0 Å². The van der Waals surface area contributed by atoms with E-state index in [0.29, 0.717) is 0 Å². The Morgan fingerprint density at radius 3 is 2.47 bits per heavy atom. The van der Waals surface area contributed by atoms with E-state index in [9.17, 15) is 0 Å². The molecule has 0 saturated carbocycles. The highest BCUT2D eigenvalue weighted by molar-refractivity contribution is 5.48. The molecule has 2 rings (SSSR count). The summed E-state index contributed by atoms with van der Waals surface area (Å²) < 4.78 is 11.3. The molecule has 2 atom stereocenters. The summed E-state index contributed by atoms with van der Waals surface area (Å²) in [7, 11) is 0. The Morgan fingerprint density at radius 2 is 1.93 bits per heavy atom. The summed E-state index contributed by atoms with van der Waals surface area (Å²) in [5.41, 5.74) is 7.55. The third kappa shape index (κ3) is 1.98.